The van der Waals surface area contributed by atoms with Crippen molar-refractivity contribution in [2.45, 2.75) is 4.90 Å². The predicted molar refractivity (Wildman–Crippen MR) is 80.0 cm³/mol. The maximum absolute atomic E-state index is 12.3. The standard InChI is InChI=1S/C13H10BrNO5S/c14-11-6-1-8(13(17)18)7-12(11)21(19,20)15-9-2-4-10(16)5-3-9/h1-7,15-16H,(H,17,18). The molecule has 2 rings (SSSR count). The fourth-order valence-corrected chi connectivity index (χ4v) is 3.63. The Hall–Kier alpha value is -2.06. The first-order chi connectivity index (χ1) is 9.79. The number of aromatic hydroxyl groups is 1. The highest BCUT2D eigenvalue weighted by molar-refractivity contribution is 9.10. The second-order valence-corrected chi connectivity index (χ2v) is 6.61. The van der Waals surface area contributed by atoms with Gasteiger partial charge in [0.15, 0.2) is 0 Å². The number of carboxylic acids is 1. The van der Waals surface area contributed by atoms with Gasteiger partial charge in [-0.25, -0.2) is 13.2 Å². The zero-order valence-electron chi connectivity index (χ0n) is 10.4. The molecule has 0 amide bonds. The molecule has 21 heavy (non-hydrogen) atoms. The number of rotatable bonds is 4. The molecule has 0 saturated carbocycles. The van der Waals surface area contributed by atoms with E-state index in [1.54, 1.807) is 0 Å². The number of hydrogen-bond acceptors (Lipinski definition) is 4. The predicted octanol–water partition coefficient (Wildman–Crippen LogP) is 2.65. The van der Waals surface area contributed by atoms with E-state index in [1.165, 1.54) is 36.4 Å². The zero-order valence-corrected chi connectivity index (χ0v) is 12.8. The summed E-state index contributed by atoms with van der Waals surface area (Å²) in [7, 11) is -3.95. The lowest BCUT2D eigenvalue weighted by Crippen LogP contribution is -2.14. The second kappa shape index (κ2) is 5.74. The summed E-state index contributed by atoms with van der Waals surface area (Å²) in [5, 5.41) is 18.1. The number of sulfonamides is 1. The van der Waals surface area contributed by atoms with Gasteiger partial charge < -0.3 is 10.2 Å². The Kier molecular flexibility index (Phi) is 4.19. The fraction of sp³-hybridized carbons (Fsp3) is 0. The van der Waals surface area contributed by atoms with E-state index in [2.05, 4.69) is 20.7 Å². The maximum atomic E-state index is 12.3. The number of aromatic carboxylic acids is 1. The normalized spacial score (nSPS) is 11.1. The molecular formula is C13H10BrNO5S. The van der Waals surface area contributed by atoms with Crippen molar-refractivity contribution in [1.29, 1.82) is 0 Å². The first kappa shape index (κ1) is 15.3. The highest BCUT2D eigenvalue weighted by Gasteiger charge is 2.20. The van der Waals surface area contributed by atoms with Crippen LogP contribution in [0.3, 0.4) is 0 Å². The van der Waals surface area contributed by atoms with Crippen molar-refractivity contribution >= 4 is 37.6 Å². The minimum atomic E-state index is -3.95. The van der Waals surface area contributed by atoms with Gasteiger partial charge >= 0.3 is 5.97 Å². The van der Waals surface area contributed by atoms with Crippen LogP contribution in [0.15, 0.2) is 51.8 Å². The molecule has 0 heterocycles. The molecule has 0 fully saturated rings. The van der Waals surface area contributed by atoms with E-state index in [0.29, 0.717) is 0 Å². The van der Waals surface area contributed by atoms with Gasteiger partial charge in [-0.2, -0.15) is 0 Å². The average Bonchev–Trinajstić information content (AvgIpc) is 2.41. The molecule has 2 aromatic carbocycles. The zero-order chi connectivity index (χ0) is 15.6. The van der Waals surface area contributed by atoms with Crippen molar-refractivity contribution < 1.29 is 23.4 Å². The highest BCUT2D eigenvalue weighted by atomic mass is 79.9. The Bertz CT molecular complexity index is 787. The van der Waals surface area contributed by atoms with Gasteiger partial charge in [-0.15, -0.1) is 0 Å². The van der Waals surface area contributed by atoms with Gasteiger partial charge in [-0.05, 0) is 58.4 Å². The molecule has 0 aliphatic carbocycles. The number of carboxylic acid groups (broad SMARTS) is 1. The number of phenols is 1. The molecule has 0 atom stereocenters. The Morgan fingerprint density at radius 2 is 1.71 bits per heavy atom. The topological polar surface area (TPSA) is 104 Å². The molecule has 6 nitrogen and oxygen atoms in total. The molecule has 0 spiro atoms. The molecule has 0 aromatic heterocycles. The summed E-state index contributed by atoms with van der Waals surface area (Å²) in [5.41, 5.74) is 0.115. The summed E-state index contributed by atoms with van der Waals surface area (Å²) in [6, 6.07) is 9.17. The molecule has 0 unspecified atom stereocenters. The summed E-state index contributed by atoms with van der Waals surface area (Å²) in [5.74, 6) is -1.21. The lowest BCUT2D eigenvalue weighted by molar-refractivity contribution is 0.0696. The monoisotopic (exact) mass is 371 g/mol. The van der Waals surface area contributed by atoms with E-state index in [0.717, 1.165) is 6.07 Å². The van der Waals surface area contributed by atoms with E-state index < -0.39 is 16.0 Å². The van der Waals surface area contributed by atoms with Crippen molar-refractivity contribution in [3.05, 3.63) is 52.5 Å². The Morgan fingerprint density at radius 1 is 1.10 bits per heavy atom. The van der Waals surface area contributed by atoms with Crippen LogP contribution in [-0.2, 0) is 10.0 Å². The van der Waals surface area contributed by atoms with Gasteiger partial charge in [0.2, 0.25) is 0 Å². The molecule has 3 N–H and O–H groups in total. The van der Waals surface area contributed by atoms with Gasteiger partial charge in [0.25, 0.3) is 10.0 Å². The van der Waals surface area contributed by atoms with E-state index in [9.17, 15) is 13.2 Å². The number of halogens is 1. The van der Waals surface area contributed by atoms with E-state index in [-0.39, 0.29) is 26.4 Å². The summed E-state index contributed by atoms with van der Waals surface area (Å²) in [6.45, 7) is 0. The molecular weight excluding hydrogens is 362 g/mol. The Labute approximate surface area is 129 Å². The SMILES string of the molecule is O=C(O)c1ccc(Br)c(S(=O)(=O)Nc2ccc(O)cc2)c1. The van der Waals surface area contributed by atoms with Gasteiger partial charge in [0, 0.05) is 10.2 Å². The minimum Gasteiger partial charge on any atom is -0.508 e. The van der Waals surface area contributed by atoms with Gasteiger partial charge in [-0.3, -0.25) is 4.72 Å². The van der Waals surface area contributed by atoms with Crippen LogP contribution in [0.1, 0.15) is 10.4 Å². The van der Waals surface area contributed by atoms with Crippen LogP contribution < -0.4 is 4.72 Å². The average molecular weight is 372 g/mol. The van der Waals surface area contributed by atoms with Crippen molar-refractivity contribution in [2.75, 3.05) is 4.72 Å². The lowest BCUT2D eigenvalue weighted by Gasteiger charge is -2.10. The second-order valence-electron chi connectivity index (χ2n) is 4.10. The number of hydrogen-bond donors (Lipinski definition) is 3. The molecule has 0 saturated heterocycles. The number of anilines is 1. The molecule has 0 bridgehead atoms. The Balaban J connectivity index is 2.41. The molecule has 110 valence electrons. The highest BCUT2D eigenvalue weighted by Crippen LogP contribution is 2.26. The summed E-state index contributed by atoms with van der Waals surface area (Å²) in [4.78, 5) is 10.7. The maximum Gasteiger partial charge on any atom is 0.335 e. The molecule has 0 aliphatic rings. The van der Waals surface area contributed by atoms with Gasteiger partial charge in [0.05, 0.1) is 5.56 Å². The number of phenolic OH excluding ortho intramolecular Hbond substituents is 1. The van der Waals surface area contributed by atoms with Crippen LogP contribution in [0.25, 0.3) is 0 Å². The third kappa shape index (κ3) is 3.53. The molecule has 8 heteroatoms. The lowest BCUT2D eigenvalue weighted by atomic mass is 10.2. The van der Waals surface area contributed by atoms with Crippen molar-refractivity contribution in [2.24, 2.45) is 0 Å². The minimum absolute atomic E-state index is 0.00648. The van der Waals surface area contributed by atoms with Gasteiger partial charge in [-0.1, -0.05) is 0 Å². The van der Waals surface area contributed by atoms with Crippen molar-refractivity contribution in [1.82, 2.24) is 0 Å². The fourth-order valence-electron chi connectivity index (χ4n) is 1.58. The largest absolute Gasteiger partial charge is 0.508 e. The molecule has 0 radical (unpaired) electrons. The summed E-state index contributed by atoms with van der Waals surface area (Å²) in [6.07, 6.45) is 0. The van der Waals surface area contributed by atoms with Crippen molar-refractivity contribution in [3.63, 3.8) is 0 Å². The van der Waals surface area contributed by atoms with Crippen LogP contribution in [0.4, 0.5) is 5.69 Å². The van der Waals surface area contributed by atoms with Crippen LogP contribution in [0, 0.1) is 0 Å². The van der Waals surface area contributed by atoms with Crippen LogP contribution in [0.2, 0.25) is 0 Å². The van der Waals surface area contributed by atoms with E-state index in [1.807, 2.05) is 0 Å². The quantitative estimate of drug-likeness (QED) is 0.716. The van der Waals surface area contributed by atoms with Crippen LogP contribution >= 0.6 is 15.9 Å². The Morgan fingerprint density at radius 3 is 2.29 bits per heavy atom. The third-order valence-electron chi connectivity index (χ3n) is 2.59. The van der Waals surface area contributed by atoms with E-state index >= 15 is 0 Å². The number of carbonyl (C=O) groups is 1. The summed E-state index contributed by atoms with van der Waals surface area (Å²) < 4.78 is 27.1. The number of benzene rings is 2. The first-order valence-electron chi connectivity index (χ1n) is 5.64. The van der Waals surface area contributed by atoms with Crippen LogP contribution in [0.5, 0.6) is 5.75 Å². The first-order valence-corrected chi connectivity index (χ1v) is 7.92. The van der Waals surface area contributed by atoms with Crippen molar-refractivity contribution in [3.8, 4) is 5.75 Å². The number of nitrogens with one attached hydrogen (secondary N) is 1. The third-order valence-corrected chi connectivity index (χ3v) is 4.96. The van der Waals surface area contributed by atoms with E-state index in [4.69, 9.17) is 10.2 Å². The summed E-state index contributed by atoms with van der Waals surface area (Å²) >= 11 is 3.09. The van der Waals surface area contributed by atoms with Crippen LogP contribution in [-0.4, -0.2) is 24.6 Å². The van der Waals surface area contributed by atoms with Gasteiger partial charge in [0.1, 0.15) is 10.6 Å². The molecule has 0 aliphatic heterocycles. The smallest absolute Gasteiger partial charge is 0.335 e. The molecule has 2 aromatic rings.